The van der Waals surface area contributed by atoms with E-state index in [-0.39, 0.29) is 0 Å². The second-order valence-electron chi connectivity index (χ2n) is 4.17. The Bertz CT molecular complexity index is 238. The molecule has 1 aromatic rings. The molecule has 90 valence electrons. The van der Waals surface area contributed by atoms with Crippen molar-refractivity contribution in [3.63, 3.8) is 0 Å². The highest BCUT2D eigenvalue weighted by Crippen LogP contribution is 2.04. The molecule has 0 saturated carbocycles. The van der Waals surface area contributed by atoms with Crippen molar-refractivity contribution >= 4 is 0 Å². The van der Waals surface area contributed by atoms with Gasteiger partial charge in [0.2, 0.25) is 0 Å². The summed E-state index contributed by atoms with van der Waals surface area (Å²) in [6, 6.07) is 8.86. The molecular weight excluding hydrogens is 196 g/mol. The molecule has 0 unspecified atom stereocenters. The van der Waals surface area contributed by atoms with E-state index in [2.05, 4.69) is 48.7 Å². The molecule has 0 spiro atoms. The fraction of sp³-hybridized carbons (Fsp3) is 0.571. The Labute approximate surface area is 99.5 Å². The summed E-state index contributed by atoms with van der Waals surface area (Å²) < 4.78 is 0. The lowest BCUT2D eigenvalue weighted by Crippen LogP contribution is -2.15. The van der Waals surface area contributed by atoms with Gasteiger partial charge in [-0.3, -0.25) is 0 Å². The second kappa shape index (κ2) is 8.31. The molecule has 0 aliphatic rings. The van der Waals surface area contributed by atoms with Crippen LogP contribution >= 0.6 is 0 Å². The van der Waals surface area contributed by atoms with Crippen molar-refractivity contribution in [2.75, 3.05) is 13.1 Å². The van der Waals surface area contributed by atoms with Crippen molar-refractivity contribution in [1.82, 2.24) is 10.6 Å². The molecular formula is C14H24N2. The third-order valence-electron chi connectivity index (χ3n) is 2.53. The zero-order valence-electron chi connectivity index (χ0n) is 10.6. The molecule has 16 heavy (non-hydrogen) atoms. The summed E-state index contributed by atoms with van der Waals surface area (Å²) in [7, 11) is 0. The van der Waals surface area contributed by atoms with Gasteiger partial charge in [0.05, 0.1) is 0 Å². The van der Waals surface area contributed by atoms with Crippen LogP contribution in [-0.2, 0) is 13.1 Å². The normalized spacial score (nSPS) is 10.6. The van der Waals surface area contributed by atoms with Gasteiger partial charge in [-0.1, -0.05) is 38.1 Å². The van der Waals surface area contributed by atoms with Crippen LogP contribution in [0.1, 0.15) is 37.8 Å². The molecule has 0 aliphatic heterocycles. The molecule has 0 aromatic heterocycles. The quantitative estimate of drug-likeness (QED) is 0.658. The lowest BCUT2D eigenvalue weighted by molar-refractivity contribution is 0.669. The molecule has 1 rings (SSSR count). The van der Waals surface area contributed by atoms with Crippen LogP contribution in [0.4, 0.5) is 0 Å². The first kappa shape index (κ1) is 13.2. The largest absolute Gasteiger partial charge is 0.313 e. The summed E-state index contributed by atoms with van der Waals surface area (Å²) in [6.45, 7) is 8.54. The zero-order chi connectivity index (χ0) is 11.6. The number of nitrogens with one attached hydrogen (secondary N) is 2. The van der Waals surface area contributed by atoms with Crippen LogP contribution in [0.15, 0.2) is 24.3 Å². The van der Waals surface area contributed by atoms with Crippen LogP contribution in [0.2, 0.25) is 0 Å². The molecule has 0 radical (unpaired) electrons. The average Bonchev–Trinajstić information content (AvgIpc) is 2.32. The van der Waals surface area contributed by atoms with Gasteiger partial charge in [-0.25, -0.2) is 0 Å². The number of hydrogen-bond donors (Lipinski definition) is 2. The average molecular weight is 220 g/mol. The van der Waals surface area contributed by atoms with Crippen LogP contribution in [0.5, 0.6) is 0 Å². The molecule has 0 fully saturated rings. The highest BCUT2D eigenvalue weighted by Gasteiger charge is 1.94. The van der Waals surface area contributed by atoms with E-state index in [0.717, 1.165) is 26.2 Å². The Morgan fingerprint density at radius 2 is 1.12 bits per heavy atom. The van der Waals surface area contributed by atoms with Crippen LogP contribution < -0.4 is 10.6 Å². The lowest BCUT2D eigenvalue weighted by atomic mass is 10.1. The van der Waals surface area contributed by atoms with E-state index >= 15 is 0 Å². The monoisotopic (exact) mass is 220 g/mol. The van der Waals surface area contributed by atoms with Gasteiger partial charge in [0.25, 0.3) is 0 Å². The number of rotatable bonds is 8. The van der Waals surface area contributed by atoms with Crippen molar-refractivity contribution in [3.8, 4) is 0 Å². The smallest absolute Gasteiger partial charge is 0.0205 e. The predicted molar refractivity (Wildman–Crippen MR) is 70.4 cm³/mol. The summed E-state index contributed by atoms with van der Waals surface area (Å²) in [5, 5.41) is 6.81. The molecule has 0 aliphatic carbocycles. The first-order valence-corrected chi connectivity index (χ1v) is 6.36. The first-order chi connectivity index (χ1) is 7.86. The van der Waals surface area contributed by atoms with Gasteiger partial charge in [0.15, 0.2) is 0 Å². The SMILES string of the molecule is CCCNCc1ccc(CNCCC)cc1. The van der Waals surface area contributed by atoms with E-state index in [1.54, 1.807) is 0 Å². The Balaban J connectivity index is 2.30. The standard InChI is InChI=1S/C14H24N2/c1-3-9-15-11-13-5-7-14(8-6-13)12-16-10-4-2/h5-8,15-16H,3-4,9-12H2,1-2H3. The van der Waals surface area contributed by atoms with Gasteiger partial charge in [-0.05, 0) is 37.1 Å². The maximum atomic E-state index is 3.41. The maximum Gasteiger partial charge on any atom is 0.0205 e. The molecule has 0 heterocycles. The van der Waals surface area contributed by atoms with Crippen LogP contribution in [-0.4, -0.2) is 13.1 Å². The summed E-state index contributed by atoms with van der Waals surface area (Å²) >= 11 is 0. The van der Waals surface area contributed by atoms with Gasteiger partial charge in [-0.15, -0.1) is 0 Å². The summed E-state index contributed by atoms with van der Waals surface area (Å²) in [6.07, 6.45) is 2.39. The maximum absolute atomic E-state index is 3.41. The van der Waals surface area contributed by atoms with Gasteiger partial charge >= 0.3 is 0 Å². The Morgan fingerprint density at radius 1 is 0.750 bits per heavy atom. The zero-order valence-corrected chi connectivity index (χ0v) is 10.6. The predicted octanol–water partition coefficient (Wildman–Crippen LogP) is 2.69. The topological polar surface area (TPSA) is 24.1 Å². The van der Waals surface area contributed by atoms with Gasteiger partial charge in [0, 0.05) is 13.1 Å². The van der Waals surface area contributed by atoms with E-state index in [1.807, 2.05) is 0 Å². The second-order valence-corrected chi connectivity index (χ2v) is 4.17. The third-order valence-corrected chi connectivity index (χ3v) is 2.53. The Morgan fingerprint density at radius 3 is 1.44 bits per heavy atom. The first-order valence-electron chi connectivity index (χ1n) is 6.36. The fourth-order valence-corrected chi connectivity index (χ4v) is 1.59. The van der Waals surface area contributed by atoms with Crippen molar-refractivity contribution in [1.29, 1.82) is 0 Å². The Hall–Kier alpha value is -0.860. The molecule has 0 saturated heterocycles. The van der Waals surface area contributed by atoms with E-state index < -0.39 is 0 Å². The molecule has 2 N–H and O–H groups in total. The Kier molecular flexibility index (Phi) is 6.86. The van der Waals surface area contributed by atoms with Crippen molar-refractivity contribution in [2.45, 2.75) is 39.8 Å². The molecule has 0 bridgehead atoms. The highest BCUT2D eigenvalue weighted by atomic mass is 14.8. The van der Waals surface area contributed by atoms with Gasteiger partial charge < -0.3 is 10.6 Å². The van der Waals surface area contributed by atoms with Crippen LogP contribution in [0.3, 0.4) is 0 Å². The summed E-state index contributed by atoms with van der Waals surface area (Å²) in [4.78, 5) is 0. The molecule has 0 amide bonds. The van der Waals surface area contributed by atoms with Gasteiger partial charge in [0.1, 0.15) is 0 Å². The molecule has 2 heteroatoms. The molecule has 2 nitrogen and oxygen atoms in total. The van der Waals surface area contributed by atoms with Crippen LogP contribution in [0, 0.1) is 0 Å². The fourth-order valence-electron chi connectivity index (χ4n) is 1.59. The lowest BCUT2D eigenvalue weighted by Gasteiger charge is -2.06. The van der Waals surface area contributed by atoms with Crippen molar-refractivity contribution in [2.24, 2.45) is 0 Å². The van der Waals surface area contributed by atoms with Gasteiger partial charge in [-0.2, -0.15) is 0 Å². The van der Waals surface area contributed by atoms with E-state index in [0.29, 0.717) is 0 Å². The summed E-state index contributed by atoms with van der Waals surface area (Å²) in [5.41, 5.74) is 2.74. The molecule has 1 aromatic carbocycles. The molecule has 0 atom stereocenters. The van der Waals surface area contributed by atoms with E-state index in [4.69, 9.17) is 0 Å². The minimum atomic E-state index is 0.983. The van der Waals surface area contributed by atoms with Crippen molar-refractivity contribution in [3.05, 3.63) is 35.4 Å². The van der Waals surface area contributed by atoms with Crippen LogP contribution in [0.25, 0.3) is 0 Å². The van der Waals surface area contributed by atoms with E-state index in [9.17, 15) is 0 Å². The third kappa shape index (κ3) is 5.29. The minimum absolute atomic E-state index is 0.983. The summed E-state index contributed by atoms with van der Waals surface area (Å²) in [5.74, 6) is 0. The number of hydrogen-bond acceptors (Lipinski definition) is 2. The minimum Gasteiger partial charge on any atom is -0.313 e. The number of benzene rings is 1. The van der Waals surface area contributed by atoms with Crippen molar-refractivity contribution < 1.29 is 0 Å². The van der Waals surface area contributed by atoms with E-state index in [1.165, 1.54) is 24.0 Å². The highest BCUT2D eigenvalue weighted by molar-refractivity contribution is 5.22.